The minimum atomic E-state index is -0.350. The SMILES string of the molecule is Cc1coc(C=CC(=O)NC(C)(C)CN(C)Cc2ccccc2)n1. The van der Waals surface area contributed by atoms with Crippen molar-refractivity contribution in [3.63, 3.8) is 0 Å². The first-order chi connectivity index (χ1) is 11.3. The lowest BCUT2D eigenvalue weighted by atomic mass is 10.0. The van der Waals surface area contributed by atoms with Crippen LogP contribution in [0.1, 0.15) is 31.0 Å². The van der Waals surface area contributed by atoms with Gasteiger partial charge in [-0.1, -0.05) is 30.3 Å². The zero-order chi connectivity index (χ0) is 17.6. The molecule has 1 amide bonds. The average molecular weight is 327 g/mol. The number of carbonyl (C=O) groups excluding carboxylic acids is 1. The fraction of sp³-hybridized carbons (Fsp3) is 0.368. The zero-order valence-corrected chi connectivity index (χ0v) is 14.7. The fourth-order valence-electron chi connectivity index (χ4n) is 2.64. The Hall–Kier alpha value is -2.40. The second kappa shape index (κ2) is 7.93. The normalized spacial score (nSPS) is 12.0. The molecule has 2 rings (SSSR count). The fourth-order valence-corrected chi connectivity index (χ4v) is 2.64. The van der Waals surface area contributed by atoms with Gasteiger partial charge in [0.15, 0.2) is 0 Å². The Morgan fingerprint density at radius 2 is 2.04 bits per heavy atom. The number of oxazole rings is 1. The number of benzene rings is 1. The summed E-state index contributed by atoms with van der Waals surface area (Å²) in [7, 11) is 2.05. The van der Waals surface area contributed by atoms with Crippen LogP contribution >= 0.6 is 0 Å². The molecular formula is C19H25N3O2. The van der Waals surface area contributed by atoms with E-state index in [9.17, 15) is 4.79 Å². The van der Waals surface area contributed by atoms with E-state index in [1.54, 1.807) is 12.3 Å². The third-order valence-electron chi connectivity index (χ3n) is 3.44. The van der Waals surface area contributed by atoms with E-state index in [0.717, 1.165) is 18.8 Å². The summed E-state index contributed by atoms with van der Waals surface area (Å²) in [6, 6.07) is 10.3. The van der Waals surface area contributed by atoms with Gasteiger partial charge in [-0.3, -0.25) is 9.69 Å². The molecule has 5 heteroatoms. The number of hydrogen-bond donors (Lipinski definition) is 1. The van der Waals surface area contributed by atoms with Gasteiger partial charge in [0, 0.05) is 30.8 Å². The van der Waals surface area contributed by atoms with Crippen LogP contribution in [0.2, 0.25) is 0 Å². The predicted octanol–water partition coefficient (Wildman–Crippen LogP) is 3.02. The zero-order valence-electron chi connectivity index (χ0n) is 14.7. The molecule has 0 radical (unpaired) electrons. The maximum absolute atomic E-state index is 12.1. The van der Waals surface area contributed by atoms with Gasteiger partial charge >= 0.3 is 0 Å². The summed E-state index contributed by atoms with van der Waals surface area (Å²) < 4.78 is 5.19. The quantitative estimate of drug-likeness (QED) is 0.794. The molecule has 2 aromatic rings. The Morgan fingerprint density at radius 1 is 1.33 bits per heavy atom. The van der Waals surface area contributed by atoms with E-state index < -0.39 is 0 Å². The molecule has 0 atom stereocenters. The van der Waals surface area contributed by atoms with Crippen molar-refractivity contribution in [2.75, 3.05) is 13.6 Å². The summed E-state index contributed by atoms with van der Waals surface area (Å²) in [5.41, 5.74) is 1.69. The van der Waals surface area contributed by atoms with Gasteiger partial charge in [-0.15, -0.1) is 0 Å². The molecule has 0 aliphatic carbocycles. The van der Waals surface area contributed by atoms with E-state index in [1.807, 2.05) is 46.0 Å². The van der Waals surface area contributed by atoms with Crippen LogP contribution in [0.25, 0.3) is 6.08 Å². The Balaban J connectivity index is 1.85. The second-order valence-corrected chi connectivity index (χ2v) is 6.69. The predicted molar refractivity (Wildman–Crippen MR) is 95.3 cm³/mol. The lowest BCUT2D eigenvalue weighted by molar-refractivity contribution is -0.118. The number of carbonyl (C=O) groups is 1. The Labute approximate surface area is 143 Å². The maximum atomic E-state index is 12.1. The first kappa shape index (κ1) is 17.9. The number of rotatable bonds is 7. The lowest BCUT2D eigenvalue weighted by Gasteiger charge is -2.31. The summed E-state index contributed by atoms with van der Waals surface area (Å²) in [5, 5.41) is 3.01. The molecule has 1 N–H and O–H groups in total. The van der Waals surface area contributed by atoms with Gasteiger partial charge in [-0.2, -0.15) is 0 Å². The van der Waals surface area contributed by atoms with Crippen LogP contribution in [0, 0.1) is 6.92 Å². The van der Waals surface area contributed by atoms with E-state index in [4.69, 9.17) is 4.42 Å². The summed E-state index contributed by atoms with van der Waals surface area (Å²) in [5.74, 6) is 0.269. The summed E-state index contributed by atoms with van der Waals surface area (Å²) in [6.45, 7) is 7.43. The molecular weight excluding hydrogens is 302 g/mol. The van der Waals surface area contributed by atoms with Gasteiger partial charge in [-0.25, -0.2) is 4.98 Å². The van der Waals surface area contributed by atoms with Crippen molar-refractivity contribution >= 4 is 12.0 Å². The molecule has 0 aliphatic heterocycles. The molecule has 0 fully saturated rings. The largest absolute Gasteiger partial charge is 0.445 e. The molecule has 24 heavy (non-hydrogen) atoms. The molecule has 0 aliphatic rings. The molecule has 128 valence electrons. The van der Waals surface area contributed by atoms with Crippen molar-refractivity contribution in [2.24, 2.45) is 0 Å². The van der Waals surface area contributed by atoms with Crippen LogP contribution in [0.15, 0.2) is 47.1 Å². The first-order valence-corrected chi connectivity index (χ1v) is 7.99. The standard InChI is InChI=1S/C19H25N3O2/c1-15-13-24-18(20-15)11-10-17(23)21-19(2,3)14-22(4)12-16-8-6-5-7-9-16/h5-11,13H,12,14H2,1-4H3,(H,21,23). The van der Waals surface area contributed by atoms with Crippen LogP contribution < -0.4 is 5.32 Å². The van der Waals surface area contributed by atoms with Gasteiger partial charge in [0.25, 0.3) is 0 Å². The van der Waals surface area contributed by atoms with Crippen molar-refractivity contribution in [1.82, 2.24) is 15.2 Å². The van der Waals surface area contributed by atoms with Crippen molar-refractivity contribution in [3.8, 4) is 0 Å². The third kappa shape index (κ3) is 6.01. The number of amides is 1. The van der Waals surface area contributed by atoms with Gasteiger partial charge in [0.2, 0.25) is 11.8 Å². The van der Waals surface area contributed by atoms with Crippen molar-refractivity contribution in [1.29, 1.82) is 0 Å². The van der Waals surface area contributed by atoms with Gasteiger partial charge in [-0.05, 0) is 33.4 Å². The van der Waals surface area contributed by atoms with Crippen molar-refractivity contribution < 1.29 is 9.21 Å². The van der Waals surface area contributed by atoms with E-state index >= 15 is 0 Å². The van der Waals surface area contributed by atoms with Crippen LogP contribution in [-0.4, -0.2) is 34.9 Å². The van der Waals surface area contributed by atoms with Crippen LogP contribution in [0.4, 0.5) is 0 Å². The summed E-state index contributed by atoms with van der Waals surface area (Å²) in [4.78, 5) is 18.4. The molecule has 0 saturated carbocycles. The summed E-state index contributed by atoms with van der Waals surface area (Å²) >= 11 is 0. The number of likely N-dealkylation sites (N-methyl/N-ethyl adjacent to an activating group) is 1. The molecule has 1 heterocycles. The minimum absolute atomic E-state index is 0.163. The number of aromatic nitrogens is 1. The molecule has 0 saturated heterocycles. The van der Waals surface area contributed by atoms with Gasteiger partial charge < -0.3 is 9.73 Å². The maximum Gasteiger partial charge on any atom is 0.244 e. The van der Waals surface area contributed by atoms with Crippen LogP contribution in [0.3, 0.4) is 0 Å². The van der Waals surface area contributed by atoms with Crippen LogP contribution in [-0.2, 0) is 11.3 Å². The van der Waals surface area contributed by atoms with Gasteiger partial charge in [0.05, 0.1) is 5.69 Å². The van der Waals surface area contributed by atoms with E-state index in [0.29, 0.717) is 5.89 Å². The highest BCUT2D eigenvalue weighted by atomic mass is 16.3. The summed E-state index contributed by atoms with van der Waals surface area (Å²) in [6.07, 6.45) is 4.58. The Kier molecular flexibility index (Phi) is 5.93. The number of aryl methyl sites for hydroxylation is 1. The first-order valence-electron chi connectivity index (χ1n) is 7.99. The third-order valence-corrected chi connectivity index (χ3v) is 3.44. The lowest BCUT2D eigenvalue weighted by Crippen LogP contribution is -2.50. The number of nitrogens with zero attached hydrogens (tertiary/aromatic N) is 2. The average Bonchev–Trinajstić information content (AvgIpc) is 2.90. The van der Waals surface area contributed by atoms with Crippen molar-refractivity contribution in [3.05, 3.63) is 59.8 Å². The number of nitrogens with one attached hydrogen (secondary N) is 1. The smallest absolute Gasteiger partial charge is 0.244 e. The Bertz CT molecular complexity index is 690. The minimum Gasteiger partial charge on any atom is -0.445 e. The molecule has 5 nitrogen and oxygen atoms in total. The van der Waals surface area contributed by atoms with Crippen LogP contribution in [0.5, 0.6) is 0 Å². The molecule has 0 unspecified atom stereocenters. The highest BCUT2D eigenvalue weighted by molar-refractivity contribution is 5.91. The highest BCUT2D eigenvalue weighted by Gasteiger charge is 2.21. The van der Waals surface area contributed by atoms with E-state index in [2.05, 4.69) is 27.3 Å². The van der Waals surface area contributed by atoms with Crippen molar-refractivity contribution in [2.45, 2.75) is 32.9 Å². The Morgan fingerprint density at radius 3 is 2.67 bits per heavy atom. The van der Waals surface area contributed by atoms with Gasteiger partial charge in [0.1, 0.15) is 6.26 Å². The topological polar surface area (TPSA) is 58.4 Å². The molecule has 1 aromatic carbocycles. The highest BCUT2D eigenvalue weighted by Crippen LogP contribution is 2.09. The second-order valence-electron chi connectivity index (χ2n) is 6.69. The molecule has 0 spiro atoms. The monoisotopic (exact) mass is 327 g/mol. The molecule has 1 aromatic heterocycles. The number of hydrogen-bond acceptors (Lipinski definition) is 4. The van der Waals surface area contributed by atoms with E-state index in [-0.39, 0.29) is 11.4 Å². The molecule has 0 bridgehead atoms. The van der Waals surface area contributed by atoms with E-state index in [1.165, 1.54) is 11.6 Å².